The van der Waals surface area contributed by atoms with E-state index in [9.17, 15) is 18.3 Å². The lowest BCUT2D eigenvalue weighted by Gasteiger charge is -2.30. The van der Waals surface area contributed by atoms with Crippen molar-refractivity contribution >= 4 is 39.2 Å². The molecule has 0 spiro atoms. The van der Waals surface area contributed by atoms with Crippen LogP contribution < -0.4 is 0 Å². The van der Waals surface area contributed by atoms with Gasteiger partial charge < -0.3 is 5.11 Å². The molecule has 0 amide bonds. The first-order chi connectivity index (χ1) is 9.19. The number of carboxylic acid groups (broad SMARTS) is 1. The van der Waals surface area contributed by atoms with Crippen molar-refractivity contribution in [3.8, 4) is 0 Å². The second-order valence-corrected chi connectivity index (χ2v) is 7.51. The van der Waals surface area contributed by atoms with Crippen molar-refractivity contribution in [1.82, 2.24) is 4.31 Å². The fourth-order valence-corrected chi connectivity index (χ4v) is 4.89. The standard InChI is InChI=1S/C12H13Cl2NO4S/c1-12(11(16)17)5-2-6-15(12)20(18,19)10-4-3-8(13)7-9(10)14/h3-4,7H,2,5-6H2,1H3,(H,16,17)/t12-/m0/s1. The van der Waals surface area contributed by atoms with Gasteiger partial charge in [-0.25, -0.2) is 8.42 Å². The Morgan fingerprint density at radius 3 is 2.60 bits per heavy atom. The second kappa shape index (κ2) is 5.18. The zero-order valence-electron chi connectivity index (χ0n) is 10.6. The van der Waals surface area contributed by atoms with Gasteiger partial charge in [0.15, 0.2) is 0 Å². The average molecular weight is 338 g/mol. The molecule has 1 saturated heterocycles. The van der Waals surface area contributed by atoms with Crippen molar-refractivity contribution in [2.45, 2.75) is 30.2 Å². The molecule has 1 N–H and O–H groups in total. The maximum absolute atomic E-state index is 12.6. The predicted molar refractivity (Wildman–Crippen MR) is 75.6 cm³/mol. The molecular formula is C12H13Cl2NO4S. The summed E-state index contributed by atoms with van der Waals surface area (Å²) in [5, 5.41) is 9.61. The number of halogens is 2. The first kappa shape index (κ1) is 15.6. The van der Waals surface area contributed by atoms with E-state index in [2.05, 4.69) is 0 Å². The minimum Gasteiger partial charge on any atom is -0.480 e. The molecule has 110 valence electrons. The molecule has 1 fully saturated rings. The molecule has 0 bridgehead atoms. The minimum atomic E-state index is -3.98. The molecule has 20 heavy (non-hydrogen) atoms. The number of aliphatic carboxylic acids is 1. The Hall–Kier alpha value is -0.820. The molecule has 1 aliphatic heterocycles. The van der Waals surface area contributed by atoms with E-state index < -0.39 is 21.5 Å². The van der Waals surface area contributed by atoms with Crippen LogP contribution >= 0.6 is 23.2 Å². The summed E-state index contributed by atoms with van der Waals surface area (Å²) in [5.41, 5.74) is -1.44. The molecule has 1 heterocycles. The van der Waals surface area contributed by atoms with Gasteiger partial charge in [-0.15, -0.1) is 0 Å². The highest BCUT2D eigenvalue weighted by Gasteiger charge is 2.50. The predicted octanol–water partition coefficient (Wildman–Crippen LogP) is 2.62. The Balaban J connectivity index is 2.53. The first-order valence-corrected chi connectivity index (χ1v) is 8.10. The zero-order valence-corrected chi connectivity index (χ0v) is 13.0. The van der Waals surface area contributed by atoms with Crippen LogP contribution in [-0.4, -0.2) is 35.9 Å². The molecular weight excluding hydrogens is 325 g/mol. The van der Waals surface area contributed by atoms with Gasteiger partial charge in [0.05, 0.1) is 5.02 Å². The first-order valence-electron chi connectivity index (χ1n) is 5.91. The summed E-state index contributed by atoms with van der Waals surface area (Å²) in [4.78, 5) is 11.3. The number of carboxylic acids is 1. The SMILES string of the molecule is C[C@@]1(C(=O)O)CCCN1S(=O)(=O)c1ccc(Cl)cc1Cl. The summed E-state index contributed by atoms with van der Waals surface area (Å²) in [6.07, 6.45) is 0.764. The third-order valence-corrected chi connectivity index (χ3v) is 6.24. The monoisotopic (exact) mass is 337 g/mol. The highest BCUT2D eigenvalue weighted by molar-refractivity contribution is 7.89. The molecule has 2 rings (SSSR count). The Kier molecular flexibility index (Phi) is 4.03. The summed E-state index contributed by atoms with van der Waals surface area (Å²) >= 11 is 11.7. The van der Waals surface area contributed by atoms with Gasteiger partial charge in [-0.3, -0.25) is 4.79 Å². The van der Waals surface area contributed by atoms with E-state index >= 15 is 0 Å². The number of benzene rings is 1. The van der Waals surface area contributed by atoms with E-state index in [-0.39, 0.29) is 22.9 Å². The average Bonchev–Trinajstić information content (AvgIpc) is 2.73. The number of rotatable bonds is 3. The number of hydrogen-bond donors (Lipinski definition) is 1. The van der Waals surface area contributed by atoms with Crippen LogP contribution in [0.4, 0.5) is 0 Å². The van der Waals surface area contributed by atoms with Crippen molar-refractivity contribution in [3.05, 3.63) is 28.2 Å². The van der Waals surface area contributed by atoms with Crippen LogP contribution in [-0.2, 0) is 14.8 Å². The summed E-state index contributed by atoms with van der Waals surface area (Å²) < 4.78 is 26.2. The van der Waals surface area contributed by atoms with E-state index in [0.29, 0.717) is 11.4 Å². The molecule has 0 radical (unpaired) electrons. The fourth-order valence-electron chi connectivity index (χ4n) is 2.34. The van der Waals surface area contributed by atoms with Gasteiger partial charge in [-0.1, -0.05) is 23.2 Å². The van der Waals surface area contributed by atoms with Gasteiger partial charge in [0, 0.05) is 11.6 Å². The third kappa shape index (κ3) is 2.41. The Labute approximate surface area is 127 Å². The Morgan fingerprint density at radius 1 is 1.40 bits per heavy atom. The molecule has 0 saturated carbocycles. The molecule has 1 aliphatic rings. The van der Waals surface area contributed by atoms with Gasteiger partial charge in [0.25, 0.3) is 0 Å². The van der Waals surface area contributed by atoms with Gasteiger partial charge in [0.1, 0.15) is 10.4 Å². The summed E-state index contributed by atoms with van der Waals surface area (Å²) in [5.74, 6) is -1.16. The Bertz CT molecular complexity index is 661. The number of sulfonamides is 1. The van der Waals surface area contributed by atoms with E-state index in [0.717, 1.165) is 4.31 Å². The summed E-state index contributed by atoms with van der Waals surface area (Å²) in [6, 6.07) is 4.03. The molecule has 1 aromatic rings. The van der Waals surface area contributed by atoms with Crippen LogP contribution in [0.25, 0.3) is 0 Å². The van der Waals surface area contributed by atoms with Gasteiger partial charge in [-0.05, 0) is 38.0 Å². The molecule has 0 aromatic heterocycles. The smallest absolute Gasteiger partial charge is 0.324 e. The van der Waals surface area contributed by atoms with Gasteiger partial charge >= 0.3 is 5.97 Å². The van der Waals surface area contributed by atoms with Crippen LogP contribution in [0.5, 0.6) is 0 Å². The molecule has 1 aromatic carbocycles. The molecule has 8 heteroatoms. The van der Waals surface area contributed by atoms with Crippen LogP contribution in [0, 0.1) is 0 Å². The highest BCUT2D eigenvalue weighted by Crippen LogP contribution is 2.37. The van der Waals surface area contributed by atoms with Crippen molar-refractivity contribution in [2.24, 2.45) is 0 Å². The van der Waals surface area contributed by atoms with Crippen molar-refractivity contribution in [2.75, 3.05) is 6.54 Å². The summed E-state index contributed by atoms with van der Waals surface area (Å²) in [7, 11) is -3.98. The number of nitrogens with zero attached hydrogens (tertiary/aromatic N) is 1. The molecule has 1 atom stereocenters. The lowest BCUT2D eigenvalue weighted by molar-refractivity contribution is -0.146. The van der Waals surface area contributed by atoms with Gasteiger partial charge in [0.2, 0.25) is 10.0 Å². The zero-order chi connectivity index (χ0) is 15.1. The molecule has 0 unspecified atom stereocenters. The largest absolute Gasteiger partial charge is 0.480 e. The van der Waals surface area contributed by atoms with Crippen LogP contribution in [0.15, 0.2) is 23.1 Å². The highest BCUT2D eigenvalue weighted by atomic mass is 35.5. The van der Waals surface area contributed by atoms with Crippen molar-refractivity contribution in [3.63, 3.8) is 0 Å². The van der Waals surface area contributed by atoms with E-state index in [1.807, 2.05) is 0 Å². The summed E-state index contributed by atoms with van der Waals surface area (Å²) in [6.45, 7) is 1.56. The topological polar surface area (TPSA) is 74.7 Å². The minimum absolute atomic E-state index is 0.0165. The normalized spacial score (nSPS) is 23.9. The quantitative estimate of drug-likeness (QED) is 0.919. The molecule has 0 aliphatic carbocycles. The number of carbonyl (C=O) groups is 1. The maximum Gasteiger partial charge on any atom is 0.324 e. The van der Waals surface area contributed by atoms with E-state index in [1.165, 1.54) is 25.1 Å². The van der Waals surface area contributed by atoms with E-state index in [1.54, 1.807) is 0 Å². The second-order valence-electron chi connectivity index (χ2n) is 4.83. The van der Waals surface area contributed by atoms with Gasteiger partial charge in [-0.2, -0.15) is 4.31 Å². The van der Waals surface area contributed by atoms with Crippen LogP contribution in [0.3, 0.4) is 0 Å². The van der Waals surface area contributed by atoms with Crippen molar-refractivity contribution < 1.29 is 18.3 Å². The third-order valence-electron chi connectivity index (χ3n) is 3.50. The fraction of sp³-hybridized carbons (Fsp3) is 0.417. The van der Waals surface area contributed by atoms with Crippen LogP contribution in [0.1, 0.15) is 19.8 Å². The number of hydrogen-bond acceptors (Lipinski definition) is 3. The lowest BCUT2D eigenvalue weighted by atomic mass is 10.0. The van der Waals surface area contributed by atoms with Crippen LogP contribution in [0.2, 0.25) is 10.0 Å². The molecule has 5 nitrogen and oxygen atoms in total. The van der Waals surface area contributed by atoms with Crippen molar-refractivity contribution in [1.29, 1.82) is 0 Å². The maximum atomic E-state index is 12.6. The lowest BCUT2D eigenvalue weighted by Crippen LogP contribution is -2.50. The Morgan fingerprint density at radius 2 is 2.05 bits per heavy atom. The van der Waals surface area contributed by atoms with E-state index in [4.69, 9.17) is 23.2 Å².